The summed E-state index contributed by atoms with van der Waals surface area (Å²) in [4.78, 5) is 22.1. The molecule has 0 radical (unpaired) electrons. The lowest BCUT2D eigenvalue weighted by Gasteiger charge is -2.18. The van der Waals surface area contributed by atoms with Gasteiger partial charge in [-0.05, 0) is 12.1 Å². The SMILES string of the molecule is CC.COC(=O)c1ccc([N+](=O)[O-])c(NC2COCC2CO)c1. The van der Waals surface area contributed by atoms with Crippen LogP contribution in [0.2, 0.25) is 0 Å². The lowest BCUT2D eigenvalue weighted by Crippen LogP contribution is -2.30. The van der Waals surface area contributed by atoms with Crippen LogP contribution >= 0.6 is 0 Å². The Morgan fingerprint density at radius 2 is 2.17 bits per heavy atom. The smallest absolute Gasteiger partial charge is 0.337 e. The van der Waals surface area contributed by atoms with E-state index < -0.39 is 10.9 Å². The first-order valence-corrected chi connectivity index (χ1v) is 7.38. The van der Waals surface area contributed by atoms with Crippen molar-refractivity contribution in [1.29, 1.82) is 0 Å². The summed E-state index contributed by atoms with van der Waals surface area (Å²) >= 11 is 0. The van der Waals surface area contributed by atoms with Gasteiger partial charge in [-0.2, -0.15) is 0 Å². The van der Waals surface area contributed by atoms with E-state index >= 15 is 0 Å². The minimum absolute atomic E-state index is 0.0812. The molecule has 1 fully saturated rings. The summed E-state index contributed by atoms with van der Waals surface area (Å²) in [7, 11) is 1.24. The summed E-state index contributed by atoms with van der Waals surface area (Å²) in [5, 5.41) is 23.3. The van der Waals surface area contributed by atoms with E-state index in [-0.39, 0.29) is 35.5 Å². The summed E-state index contributed by atoms with van der Waals surface area (Å²) in [6, 6.07) is 3.71. The van der Waals surface area contributed by atoms with E-state index in [0.29, 0.717) is 13.2 Å². The largest absolute Gasteiger partial charge is 0.465 e. The molecule has 1 aromatic rings. The number of nitrogens with one attached hydrogen (secondary N) is 1. The fourth-order valence-corrected chi connectivity index (χ4v) is 2.19. The van der Waals surface area contributed by atoms with Crippen LogP contribution < -0.4 is 5.32 Å². The van der Waals surface area contributed by atoms with Gasteiger partial charge in [-0.15, -0.1) is 0 Å². The first-order chi connectivity index (χ1) is 11.1. The number of methoxy groups -OCH3 is 1. The molecule has 0 aromatic heterocycles. The average molecular weight is 326 g/mol. The van der Waals surface area contributed by atoms with Crippen LogP contribution in [0, 0.1) is 16.0 Å². The van der Waals surface area contributed by atoms with Gasteiger partial charge in [0.15, 0.2) is 0 Å². The molecule has 0 saturated carbocycles. The second kappa shape index (κ2) is 9.06. The standard InChI is InChI=1S/C13H16N2O6.C2H6/c1-20-13(17)8-2-3-12(15(18)19)10(4-8)14-11-7-21-6-9(11)5-16;1-2/h2-4,9,11,14,16H,5-7H2,1H3;1-2H3. The third kappa shape index (κ3) is 4.64. The summed E-state index contributed by atoms with van der Waals surface area (Å²) in [6.07, 6.45) is 0. The molecule has 2 rings (SSSR count). The van der Waals surface area contributed by atoms with Crippen molar-refractivity contribution in [1.82, 2.24) is 0 Å². The van der Waals surface area contributed by atoms with Crippen LogP contribution in [0.15, 0.2) is 18.2 Å². The van der Waals surface area contributed by atoms with Gasteiger partial charge in [0.25, 0.3) is 5.69 Å². The molecule has 1 aliphatic heterocycles. The fourth-order valence-electron chi connectivity index (χ4n) is 2.19. The highest BCUT2D eigenvalue weighted by molar-refractivity contribution is 5.91. The molecule has 1 saturated heterocycles. The maximum absolute atomic E-state index is 11.5. The van der Waals surface area contributed by atoms with Gasteiger partial charge in [0.2, 0.25) is 0 Å². The van der Waals surface area contributed by atoms with Crippen molar-refractivity contribution < 1.29 is 24.3 Å². The van der Waals surface area contributed by atoms with E-state index in [1.807, 2.05) is 13.8 Å². The second-order valence-corrected chi connectivity index (χ2v) is 4.71. The van der Waals surface area contributed by atoms with E-state index in [0.717, 1.165) is 0 Å². The van der Waals surface area contributed by atoms with Crippen molar-refractivity contribution in [3.63, 3.8) is 0 Å². The van der Waals surface area contributed by atoms with Crippen molar-refractivity contribution in [2.24, 2.45) is 5.92 Å². The number of carbonyl (C=O) groups is 1. The van der Waals surface area contributed by atoms with Crippen LogP contribution in [0.1, 0.15) is 24.2 Å². The number of esters is 1. The minimum atomic E-state index is -0.575. The molecular formula is C15H22N2O6. The Bertz CT molecular complexity index is 549. The predicted molar refractivity (Wildman–Crippen MR) is 84.6 cm³/mol. The van der Waals surface area contributed by atoms with Crippen molar-refractivity contribution in [3.05, 3.63) is 33.9 Å². The summed E-state index contributed by atoms with van der Waals surface area (Å²) in [5.74, 6) is -0.722. The number of rotatable bonds is 5. The van der Waals surface area contributed by atoms with E-state index in [9.17, 15) is 20.0 Å². The number of hydrogen-bond acceptors (Lipinski definition) is 7. The van der Waals surface area contributed by atoms with Gasteiger partial charge in [0.05, 0.1) is 43.5 Å². The number of aliphatic hydroxyl groups is 1. The van der Waals surface area contributed by atoms with E-state index in [1.165, 1.54) is 25.3 Å². The van der Waals surface area contributed by atoms with Gasteiger partial charge < -0.3 is 19.9 Å². The van der Waals surface area contributed by atoms with Crippen LogP contribution in [-0.4, -0.2) is 49.0 Å². The highest BCUT2D eigenvalue weighted by Gasteiger charge is 2.29. The lowest BCUT2D eigenvalue weighted by atomic mass is 10.0. The molecule has 0 bridgehead atoms. The molecular weight excluding hydrogens is 304 g/mol. The molecule has 8 nitrogen and oxygen atoms in total. The molecule has 0 spiro atoms. The van der Waals surface area contributed by atoms with E-state index in [1.54, 1.807) is 0 Å². The zero-order valence-corrected chi connectivity index (χ0v) is 13.4. The van der Waals surface area contributed by atoms with Gasteiger partial charge in [0.1, 0.15) is 5.69 Å². The van der Waals surface area contributed by atoms with Crippen molar-refractivity contribution in [2.75, 3.05) is 32.2 Å². The van der Waals surface area contributed by atoms with Crippen molar-refractivity contribution in [3.8, 4) is 0 Å². The Balaban J connectivity index is 0.00000127. The number of benzene rings is 1. The molecule has 1 heterocycles. The fraction of sp³-hybridized carbons (Fsp3) is 0.533. The lowest BCUT2D eigenvalue weighted by molar-refractivity contribution is -0.384. The Kier molecular flexibility index (Phi) is 7.43. The maximum atomic E-state index is 11.5. The predicted octanol–water partition coefficient (Wildman–Crippen LogP) is 1.83. The Hall–Kier alpha value is -2.19. The third-order valence-electron chi connectivity index (χ3n) is 3.39. The number of carbonyl (C=O) groups excluding carboxylic acids is 1. The van der Waals surface area contributed by atoms with Crippen molar-refractivity contribution >= 4 is 17.3 Å². The number of anilines is 1. The molecule has 128 valence electrons. The Labute approximate surface area is 134 Å². The molecule has 2 N–H and O–H groups in total. The van der Waals surface area contributed by atoms with Crippen LogP contribution in [0.4, 0.5) is 11.4 Å². The third-order valence-corrected chi connectivity index (χ3v) is 3.39. The molecule has 2 atom stereocenters. The highest BCUT2D eigenvalue weighted by atomic mass is 16.6. The number of nitro groups is 1. The van der Waals surface area contributed by atoms with Gasteiger partial charge in [-0.3, -0.25) is 10.1 Å². The molecule has 1 aromatic carbocycles. The van der Waals surface area contributed by atoms with Crippen LogP contribution in [0.5, 0.6) is 0 Å². The minimum Gasteiger partial charge on any atom is -0.465 e. The van der Waals surface area contributed by atoms with Gasteiger partial charge in [-0.1, -0.05) is 13.8 Å². The molecule has 0 aliphatic carbocycles. The van der Waals surface area contributed by atoms with E-state index in [2.05, 4.69) is 10.1 Å². The normalized spacial score (nSPS) is 19.5. The molecule has 2 unspecified atom stereocenters. The number of ether oxygens (including phenoxy) is 2. The summed E-state index contributed by atoms with van der Waals surface area (Å²) in [5.41, 5.74) is 0.271. The van der Waals surface area contributed by atoms with Gasteiger partial charge >= 0.3 is 5.97 Å². The topological polar surface area (TPSA) is 111 Å². The van der Waals surface area contributed by atoms with Crippen LogP contribution in [-0.2, 0) is 9.47 Å². The van der Waals surface area contributed by atoms with Crippen molar-refractivity contribution in [2.45, 2.75) is 19.9 Å². The molecule has 23 heavy (non-hydrogen) atoms. The average Bonchev–Trinajstić information content (AvgIpc) is 3.02. The number of nitrogens with zero attached hydrogens (tertiary/aromatic N) is 1. The molecule has 8 heteroatoms. The molecule has 0 amide bonds. The monoisotopic (exact) mass is 326 g/mol. The summed E-state index contributed by atoms with van der Waals surface area (Å²) < 4.78 is 9.85. The Morgan fingerprint density at radius 3 is 2.74 bits per heavy atom. The highest BCUT2D eigenvalue weighted by Crippen LogP contribution is 2.28. The van der Waals surface area contributed by atoms with Gasteiger partial charge in [-0.25, -0.2) is 4.79 Å². The molecule has 1 aliphatic rings. The van der Waals surface area contributed by atoms with Crippen LogP contribution in [0.3, 0.4) is 0 Å². The Morgan fingerprint density at radius 1 is 1.48 bits per heavy atom. The zero-order valence-electron chi connectivity index (χ0n) is 13.4. The zero-order chi connectivity index (χ0) is 17.4. The second-order valence-electron chi connectivity index (χ2n) is 4.71. The van der Waals surface area contributed by atoms with Crippen LogP contribution in [0.25, 0.3) is 0 Å². The number of aliphatic hydroxyl groups excluding tert-OH is 1. The first kappa shape index (κ1) is 18.9. The number of nitro benzene ring substituents is 1. The van der Waals surface area contributed by atoms with Gasteiger partial charge in [0, 0.05) is 12.0 Å². The number of hydrogen-bond donors (Lipinski definition) is 2. The first-order valence-electron chi connectivity index (χ1n) is 7.38. The van der Waals surface area contributed by atoms with E-state index in [4.69, 9.17) is 4.74 Å². The quantitative estimate of drug-likeness (QED) is 0.482. The maximum Gasteiger partial charge on any atom is 0.337 e. The summed E-state index contributed by atoms with van der Waals surface area (Å²) in [6.45, 7) is 4.64.